The Bertz CT molecular complexity index is 1180. The highest BCUT2D eigenvalue weighted by Gasteiger charge is 2.50. The summed E-state index contributed by atoms with van der Waals surface area (Å²) in [5.74, 6) is -0.170. The fourth-order valence-corrected chi connectivity index (χ4v) is 4.16. The molecule has 36 heavy (non-hydrogen) atoms. The summed E-state index contributed by atoms with van der Waals surface area (Å²) in [6.07, 6.45) is -7.28. The zero-order valence-corrected chi connectivity index (χ0v) is 19.7. The summed E-state index contributed by atoms with van der Waals surface area (Å²) in [7, 11) is 0. The van der Waals surface area contributed by atoms with E-state index in [1.807, 2.05) is 13.8 Å². The van der Waals surface area contributed by atoms with Crippen LogP contribution in [0.1, 0.15) is 20.1 Å². The number of allylic oxidation sites excluding steroid dienone is 2. The number of rotatable bonds is 7. The van der Waals surface area contributed by atoms with E-state index in [9.17, 15) is 35.4 Å². The van der Waals surface area contributed by atoms with Gasteiger partial charge in [-0.2, -0.15) is 4.98 Å². The summed E-state index contributed by atoms with van der Waals surface area (Å²) in [5, 5.41) is 61.2. The smallest absolute Gasteiger partial charge is 0.351 e. The molecule has 2 aromatic heterocycles. The molecule has 0 amide bonds. The van der Waals surface area contributed by atoms with Gasteiger partial charge >= 0.3 is 5.69 Å². The molecule has 15 nitrogen and oxygen atoms in total. The van der Waals surface area contributed by atoms with Crippen molar-refractivity contribution in [3.63, 3.8) is 0 Å². The number of hydrogen-bond donors (Lipinski definition) is 7. The van der Waals surface area contributed by atoms with Gasteiger partial charge in [0, 0.05) is 6.54 Å². The molecule has 0 aliphatic carbocycles. The number of nitrogens with two attached hydrogens (primary N) is 1. The van der Waals surface area contributed by atoms with Gasteiger partial charge in [0.2, 0.25) is 0 Å². The number of nitrogens with zero attached hydrogens (tertiary/aromatic N) is 4. The highest BCUT2D eigenvalue weighted by Crippen LogP contribution is 2.33. The molecule has 2 aliphatic rings. The molecule has 200 valence electrons. The summed E-state index contributed by atoms with van der Waals surface area (Å²) >= 11 is 0. The number of fused-ring (bicyclic) bond motifs is 1. The van der Waals surface area contributed by atoms with Gasteiger partial charge < -0.3 is 50.6 Å². The van der Waals surface area contributed by atoms with Crippen LogP contribution >= 0.6 is 0 Å². The molecule has 0 aromatic carbocycles. The zero-order chi connectivity index (χ0) is 26.4. The Labute approximate surface area is 204 Å². The van der Waals surface area contributed by atoms with Crippen LogP contribution < -0.4 is 11.4 Å². The monoisotopic (exact) mass is 513 g/mol. The lowest BCUT2D eigenvalue weighted by atomic mass is 9.98. The predicted molar refractivity (Wildman–Crippen MR) is 121 cm³/mol. The lowest BCUT2D eigenvalue weighted by Crippen LogP contribution is -2.57. The Hall–Kier alpha value is -2.47. The molecule has 0 bridgehead atoms. The van der Waals surface area contributed by atoms with Crippen molar-refractivity contribution in [1.82, 2.24) is 19.1 Å². The number of aliphatic hydroxyl groups is 6. The molecule has 4 heterocycles. The Morgan fingerprint density at radius 1 is 1.28 bits per heavy atom. The second kappa shape index (κ2) is 10.1. The zero-order valence-electron chi connectivity index (χ0n) is 19.7. The summed E-state index contributed by atoms with van der Waals surface area (Å²) in [5.41, 5.74) is 4.80. The van der Waals surface area contributed by atoms with E-state index in [1.165, 1.54) is 15.5 Å². The van der Waals surface area contributed by atoms with Crippen LogP contribution in [-0.2, 0) is 20.8 Å². The van der Waals surface area contributed by atoms with Crippen molar-refractivity contribution in [3.05, 3.63) is 28.5 Å². The number of aromatic nitrogens is 4. The van der Waals surface area contributed by atoms with Gasteiger partial charge in [0.15, 0.2) is 24.0 Å². The second-order valence-corrected chi connectivity index (χ2v) is 9.25. The standard InChI is InChI=1S/C21H31N5O10/c1-9(2)3-4-25-17-11(16(22)24-20(25)32)26(8-23-17)18-14(30)13(29)12(28)10(36-18)5-34-19-15(31)21(33,6-27)7-35-19/h3,8,10,12-15,18-19,27-31,33H,4-7H2,1-2H3,(H2,22,24,32)/t10-,12-,13+,14-,15-,18-,19+,21+/m1/s1. The molecule has 2 aromatic rings. The van der Waals surface area contributed by atoms with E-state index in [2.05, 4.69) is 9.97 Å². The molecule has 0 saturated carbocycles. The van der Waals surface area contributed by atoms with Gasteiger partial charge in [-0.1, -0.05) is 11.6 Å². The van der Waals surface area contributed by atoms with E-state index >= 15 is 0 Å². The Morgan fingerprint density at radius 2 is 2.00 bits per heavy atom. The summed E-state index contributed by atoms with van der Waals surface area (Å²) < 4.78 is 19.0. The molecule has 0 radical (unpaired) electrons. The third kappa shape index (κ3) is 4.65. The van der Waals surface area contributed by atoms with E-state index in [0.717, 1.165) is 5.57 Å². The maximum atomic E-state index is 12.4. The minimum absolute atomic E-state index is 0.170. The minimum atomic E-state index is -1.91. The van der Waals surface area contributed by atoms with E-state index in [-0.39, 0.29) is 30.1 Å². The first kappa shape index (κ1) is 26.6. The predicted octanol–water partition coefficient (Wildman–Crippen LogP) is -3.42. The van der Waals surface area contributed by atoms with Crippen molar-refractivity contribution < 1.29 is 44.8 Å². The first-order valence-corrected chi connectivity index (χ1v) is 11.3. The molecule has 15 heteroatoms. The molecule has 2 fully saturated rings. The first-order valence-electron chi connectivity index (χ1n) is 11.3. The molecule has 0 spiro atoms. The summed E-state index contributed by atoms with van der Waals surface area (Å²) in [6, 6.07) is 0. The van der Waals surface area contributed by atoms with Crippen molar-refractivity contribution in [1.29, 1.82) is 0 Å². The van der Waals surface area contributed by atoms with E-state index in [4.69, 9.17) is 19.9 Å². The Kier molecular flexibility index (Phi) is 7.47. The van der Waals surface area contributed by atoms with Crippen LogP contribution in [0.3, 0.4) is 0 Å². The first-order chi connectivity index (χ1) is 17.0. The van der Waals surface area contributed by atoms with Crippen LogP contribution in [0.2, 0.25) is 0 Å². The Morgan fingerprint density at radius 3 is 2.64 bits per heavy atom. The molecule has 0 unspecified atom stereocenters. The van der Waals surface area contributed by atoms with Crippen molar-refractivity contribution in [2.75, 3.05) is 25.6 Å². The normalized spacial score (nSPS) is 34.8. The maximum absolute atomic E-state index is 12.4. The fraction of sp³-hybridized carbons (Fsp3) is 0.667. The van der Waals surface area contributed by atoms with Crippen molar-refractivity contribution in [3.8, 4) is 0 Å². The minimum Gasteiger partial charge on any atom is -0.393 e. The van der Waals surface area contributed by atoms with Crippen molar-refractivity contribution in [2.24, 2.45) is 0 Å². The summed E-state index contributed by atoms with van der Waals surface area (Å²) in [6.45, 7) is 2.36. The van der Waals surface area contributed by atoms with Crippen molar-refractivity contribution in [2.45, 2.75) is 69.0 Å². The van der Waals surface area contributed by atoms with Gasteiger partial charge in [-0.05, 0) is 13.8 Å². The molecular weight excluding hydrogens is 482 g/mol. The lowest BCUT2D eigenvalue weighted by molar-refractivity contribution is -0.267. The van der Waals surface area contributed by atoms with Gasteiger partial charge in [-0.3, -0.25) is 9.13 Å². The van der Waals surface area contributed by atoms with Gasteiger partial charge in [-0.25, -0.2) is 9.78 Å². The molecule has 2 saturated heterocycles. The lowest BCUT2D eigenvalue weighted by Gasteiger charge is -2.41. The van der Waals surface area contributed by atoms with Gasteiger partial charge in [0.05, 0.1) is 26.1 Å². The van der Waals surface area contributed by atoms with E-state index in [0.29, 0.717) is 0 Å². The maximum Gasteiger partial charge on any atom is 0.351 e. The van der Waals surface area contributed by atoms with Gasteiger partial charge in [0.1, 0.15) is 41.6 Å². The molecule has 8 N–H and O–H groups in total. The van der Waals surface area contributed by atoms with Gasteiger partial charge in [0.25, 0.3) is 0 Å². The fourth-order valence-electron chi connectivity index (χ4n) is 4.16. The number of nitrogen functional groups attached to an aromatic ring is 1. The largest absolute Gasteiger partial charge is 0.393 e. The third-order valence-electron chi connectivity index (χ3n) is 6.37. The van der Waals surface area contributed by atoms with E-state index in [1.54, 1.807) is 6.08 Å². The molecule has 8 atom stereocenters. The Balaban J connectivity index is 1.60. The highest BCUT2D eigenvalue weighted by molar-refractivity contribution is 5.82. The topological polar surface area (TPSA) is 228 Å². The number of imidazole rings is 1. The van der Waals surface area contributed by atoms with Crippen LogP contribution in [0.15, 0.2) is 22.8 Å². The molecule has 2 aliphatic heterocycles. The molecular formula is C21H31N5O10. The number of aliphatic hydroxyl groups excluding tert-OH is 5. The van der Waals surface area contributed by atoms with Crippen molar-refractivity contribution >= 4 is 17.0 Å². The number of ether oxygens (including phenoxy) is 3. The SMILES string of the molecule is CC(C)=CCn1c(=O)nc(N)c2c1ncn2[C@@H]1O[C@H](CO[C@H]2OC[C@@](O)(CO)[C@@H]2O)[C@@H](O)[C@H](O)[C@H]1O. The van der Waals surface area contributed by atoms with Gasteiger partial charge in [-0.15, -0.1) is 0 Å². The average molecular weight is 514 g/mol. The quantitative estimate of drug-likeness (QED) is 0.179. The number of hydrogen-bond acceptors (Lipinski definition) is 13. The third-order valence-corrected chi connectivity index (χ3v) is 6.37. The summed E-state index contributed by atoms with van der Waals surface area (Å²) in [4.78, 5) is 20.5. The molecule has 4 rings (SSSR count). The highest BCUT2D eigenvalue weighted by atomic mass is 16.7. The van der Waals surface area contributed by atoms with Crippen LogP contribution in [0.5, 0.6) is 0 Å². The average Bonchev–Trinajstić information content (AvgIpc) is 3.39. The number of anilines is 1. The second-order valence-electron chi connectivity index (χ2n) is 9.25. The van der Waals surface area contributed by atoms with Crippen LogP contribution in [-0.4, -0.2) is 112 Å². The van der Waals surface area contributed by atoms with Crippen LogP contribution in [0, 0.1) is 0 Å². The van der Waals surface area contributed by atoms with Crippen LogP contribution in [0.4, 0.5) is 5.82 Å². The van der Waals surface area contributed by atoms with Crippen LogP contribution in [0.25, 0.3) is 11.2 Å². The van der Waals surface area contributed by atoms with E-state index < -0.39 is 67.5 Å².